The number of hydrogen-bond donors (Lipinski definition) is 0. The van der Waals surface area contributed by atoms with Gasteiger partial charge in [-0.3, -0.25) is 14.4 Å². The van der Waals surface area contributed by atoms with Crippen LogP contribution in [0.1, 0.15) is 44.7 Å². The number of carbonyl (C=O) groups excluding carboxylic acids is 2. The second-order valence-electron chi connectivity index (χ2n) is 8.33. The van der Waals surface area contributed by atoms with Crippen LogP contribution in [0.15, 0.2) is 35.1 Å². The number of likely N-dealkylation sites (tertiary alicyclic amines) is 2. The molecule has 3 heterocycles. The minimum Gasteiger partial charge on any atom is -0.341 e. The number of rotatable bonds is 4. The van der Waals surface area contributed by atoms with Crippen LogP contribution in [0.4, 0.5) is 0 Å². The first-order chi connectivity index (χ1) is 14.0. The first kappa shape index (κ1) is 19.7. The highest BCUT2D eigenvalue weighted by molar-refractivity contribution is 5.93. The molecule has 2 aliphatic rings. The number of fused-ring (bicyclic) bond motifs is 1. The molecule has 0 N–H and O–H groups in total. The standard InChI is InChI=1S/C23H29N3O3/c1-3-12-24-13-6-10-23(22(24)29)11-7-14-26(23)21(28)16-25-17(2)15-20(27)18-8-4-5-9-19(18)25/h4-5,8-9,15H,3,6-7,10-14,16H2,1-2H3. The third-order valence-electron chi connectivity index (χ3n) is 6.51. The van der Waals surface area contributed by atoms with Gasteiger partial charge in [0.05, 0.1) is 5.52 Å². The lowest BCUT2D eigenvalue weighted by atomic mass is 9.85. The Morgan fingerprint density at radius 1 is 1.10 bits per heavy atom. The molecule has 6 nitrogen and oxygen atoms in total. The molecule has 0 saturated carbocycles. The van der Waals surface area contributed by atoms with E-state index in [1.807, 2.05) is 39.5 Å². The molecule has 0 bridgehead atoms. The molecule has 2 aromatic rings. The van der Waals surface area contributed by atoms with E-state index in [4.69, 9.17) is 0 Å². The van der Waals surface area contributed by atoms with Crippen molar-refractivity contribution in [3.63, 3.8) is 0 Å². The summed E-state index contributed by atoms with van der Waals surface area (Å²) in [6.45, 7) is 6.26. The number of para-hydroxylation sites is 1. The number of aryl methyl sites for hydroxylation is 1. The van der Waals surface area contributed by atoms with Crippen molar-refractivity contribution in [3.05, 3.63) is 46.2 Å². The Balaban J connectivity index is 1.66. The Kier molecular flexibility index (Phi) is 5.19. The molecule has 0 aliphatic carbocycles. The number of hydrogen-bond acceptors (Lipinski definition) is 3. The zero-order valence-electron chi connectivity index (χ0n) is 17.3. The highest BCUT2D eigenvalue weighted by Gasteiger charge is 2.52. The smallest absolute Gasteiger partial charge is 0.248 e. The quantitative estimate of drug-likeness (QED) is 0.800. The molecule has 0 radical (unpaired) electrons. The highest BCUT2D eigenvalue weighted by atomic mass is 16.2. The van der Waals surface area contributed by atoms with Gasteiger partial charge in [-0.2, -0.15) is 0 Å². The van der Waals surface area contributed by atoms with Crippen LogP contribution >= 0.6 is 0 Å². The highest BCUT2D eigenvalue weighted by Crippen LogP contribution is 2.38. The Labute approximate surface area is 171 Å². The second-order valence-corrected chi connectivity index (χ2v) is 8.33. The predicted molar refractivity (Wildman–Crippen MR) is 113 cm³/mol. The van der Waals surface area contributed by atoms with Gasteiger partial charge in [0.2, 0.25) is 11.8 Å². The van der Waals surface area contributed by atoms with Gasteiger partial charge in [-0.15, -0.1) is 0 Å². The molecular formula is C23H29N3O3. The van der Waals surface area contributed by atoms with Gasteiger partial charge < -0.3 is 14.4 Å². The largest absolute Gasteiger partial charge is 0.341 e. The van der Waals surface area contributed by atoms with Gasteiger partial charge in [-0.25, -0.2) is 0 Å². The molecule has 1 unspecified atom stereocenters. The topological polar surface area (TPSA) is 62.6 Å². The van der Waals surface area contributed by atoms with Crippen LogP contribution in [0.3, 0.4) is 0 Å². The number of carbonyl (C=O) groups is 2. The molecule has 2 fully saturated rings. The summed E-state index contributed by atoms with van der Waals surface area (Å²) in [5.41, 5.74) is 0.824. The van der Waals surface area contributed by atoms with Crippen LogP contribution < -0.4 is 5.43 Å². The first-order valence-corrected chi connectivity index (χ1v) is 10.7. The van der Waals surface area contributed by atoms with E-state index in [1.165, 1.54) is 0 Å². The average molecular weight is 396 g/mol. The van der Waals surface area contributed by atoms with Crippen molar-refractivity contribution in [1.82, 2.24) is 14.4 Å². The summed E-state index contributed by atoms with van der Waals surface area (Å²) < 4.78 is 1.90. The molecule has 1 spiro atoms. The third-order valence-corrected chi connectivity index (χ3v) is 6.51. The van der Waals surface area contributed by atoms with Gasteiger partial charge in [0.1, 0.15) is 12.1 Å². The van der Waals surface area contributed by atoms with Crippen molar-refractivity contribution in [1.29, 1.82) is 0 Å². The lowest BCUT2D eigenvalue weighted by molar-refractivity contribution is -0.155. The van der Waals surface area contributed by atoms with Crippen molar-refractivity contribution >= 4 is 22.7 Å². The van der Waals surface area contributed by atoms with Gasteiger partial charge in [-0.1, -0.05) is 19.1 Å². The van der Waals surface area contributed by atoms with E-state index in [0.29, 0.717) is 11.9 Å². The fourth-order valence-electron chi connectivity index (χ4n) is 5.16. The summed E-state index contributed by atoms with van der Waals surface area (Å²) in [5, 5.41) is 0.616. The molecule has 2 amide bonds. The number of piperidine rings is 1. The average Bonchev–Trinajstić information content (AvgIpc) is 3.13. The predicted octanol–water partition coefficient (Wildman–Crippen LogP) is 2.70. The molecule has 4 rings (SSSR count). The van der Waals surface area contributed by atoms with E-state index in [1.54, 1.807) is 12.1 Å². The van der Waals surface area contributed by atoms with E-state index < -0.39 is 5.54 Å². The fraction of sp³-hybridized carbons (Fsp3) is 0.522. The number of aromatic nitrogens is 1. The monoisotopic (exact) mass is 395 g/mol. The number of pyridine rings is 1. The van der Waals surface area contributed by atoms with Crippen molar-refractivity contribution in [3.8, 4) is 0 Å². The zero-order chi connectivity index (χ0) is 20.6. The van der Waals surface area contributed by atoms with Gasteiger partial charge in [0.15, 0.2) is 5.43 Å². The van der Waals surface area contributed by atoms with E-state index in [2.05, 4.69) is 6.92 Å². The van der Waals surface area contributed by atoms with Crippen LogP contribution in [-0.2, 0) is 16.1 Å². The van der Waals surface area contributed by atoms with Gasteiger partial charge >= 0.3 is 0 Å². The Hall–Kier alpha value is -2.63. The molecule has 2 saturated heterocycles. The molecule has 154 valence electrons. The van der Waals surface area contributed by atoms with Crippen LogP contribution in [0.5, 0.6) is 0 Å². The summed E-state index contributed by atoms with van der Waals surface area (Å²) in [6.07, 6.45) is 4.23. The van der Waals surface area contributed by atoms with E-state index in [-0.39, 0.29) is 23.8 Å². The molecule has 1 atom stereocenters. The molecule has 1 aromatic carbocycles. The van der Waals surface area contributed by atoms with Crippen molar-refractivity contribution in [2.24, 2.45) is 0 Å². The summed E-state index contributed by atoms with van der Waals surface area (Å²) in [6, 6.07) is 8.98. The van der Waals surface area contributed by atoms with E-state index >= 15 is 0 Å². The minimum atomic E-state index is -0.673. The minimum absolute atomic E-state index is 0.0305. The third kappa shape index (κ3) is 3.24. The fourth-order valence-corrected chi connectivity index (χ4v) is 5.16. The normalized spacial score (nSPS) is 22.1. The number of amides is 2. The summed E-state index contributed by atoms with van der Waals surface area (Å²) in [4.78, 5) is 42.8. The van der Waals surface area contributed by atoms with Gasteiger partial charge in [0.25, 0.3) is 0 Å². The van der Waals surface area contributed by atoms with Crippen molar-refractivity contribution < 1.29 is 9.59 Å². The molecule has 2 aliphatic heterocycles. The number of benzene rings is 1. The Morgan fingerprint density at radius 3 is 2.59 bits per heavy atom. The summed E-state index contributed by atoms with van der Waals surface area (Å²) >= 11 is 0. The number of nitrogens with zero attached hydrogens (tertiary/aromatic N) is 3. The zero-order valence-corrected chi connectivity index (χ0v) is 17.3. The van der Waals surface area contributed by atoms with Crippen molar-refractivity contribution in [2.75, 3.05) is 19.6 Å². The Bertz CT molecular complexity index is 1010. The lowest BCUT2D eigenvalue weighted by Gasteiger charge is -2.44. The summed E-state index contributed by atoms with van der Waals surface area (Å²) in [7, 11) is 0. The van der Waals surface area contributed by atoms with Gasteiger partial charge in [0, 0.05) is 36.8 Å². The molecule has 6 heteroatoms. The lowest BCUT2D eigenvalue weighted by Crippen LogP contribution is -2.61. The van der Waals surface area contributed by atoms with Gasteiger partial charge in [-0.05, 0) is 51.2 Å². The second kappa shape index (κ2) is 7.65. The van der Waals surface area contributed by atoms with Crippen molar-refractivity contribution in [2.45, 2.75) is 58.0 Å². The molecular weight excluding hydrogens is 366 g/mol. The van der Waals surface area contributed by atoms with Crippen LogP contribution in [0.25, 0.3) is 10.9 Å². The van der Waals surface area contributed by atoms with Crippen LogP contribution in [-0.4, -0.2) is 51.4 Å². The summed E-state index contributed by atoms with van der Waals surface area (Å²) in [5.74, 6) is 0.0871. The van der Waals surface area contributed by atoms with E-state index in [0.717, 1.165) is 56.4 Å². The molecule has 1 aromatic heterocycles. The maximum atomic E-state index is 13.4. The molecule has 29 heavy (non-hydrogen) atoms. The maximum Gasteiger partial charge on any atom is 0.248 e. The first-order valence-electron chi connectivity index (χ1n) is 10.7. The maximum absolute atomic E-state index is 13.4. The van der Waals surface area contributed by atoms with E-state index in [9.17, 15) is 14.4 Å². The SMILES string of the molecule is CCCN1CCCC2(CCCN2C(=O)Cn2c(C)cc(=O)c3ccccc32)C1=O. The Morgan fingerprint density at radius 2 is 1.83 bits per heavy atom. The van der Waals surface area contributed by atoms with Crippen LogP contribution in [0.2, 0.25) is 0 Å². The van der Waals surface area contributed by atoms with Crippen LogP contribution in [0, 0.1) is 6.92 Å².